The highest BCUT2D eigenvalue weighted by molar-refractivity contribution is 5.95. The van der Waals surface area contributed by atoms with Gasteiger partial charge in [-0.05, 0) is 17.7 Å². The third kappa shape index (κ3) is 4.77. The zero-order valence-corrected chi connectivity index (χ0v) is 11.3. The maximum absolute atomic E-state index is 12.4. The summed E-state index contributed by atoms with van der Waals surface area (Å²) in [5.74, 6) is -3.85. The smallest absolute Gasteiger partial charge is 0.416 e. The number of nitrogens with zero attached hydrogens (tertiary/aromatic N) is 1. The minimum Gasteiger partial charge on any atom is -0.502 e. The summed E-state index contributed by atoms with van der Waals surface area (Å²) in [6.45, 7) is -0.225. The summed E-state index contributed by atoms with van der Waals surface area (Å²) < 4.78 is 37.2. The molecule has 0 spiro atoms. The lowest BCUT2D eigenvalue weighted by atomic mass is 10.1. The predicted octanol–water partition coefficient (Wildman–Crippen LogP) is 2.12. The number of benzene rings is 1. The van der Waals surface area contributed by atoms with Gasteiger partial charge < -0.3 is 10.2 Å². The number of rotatable bonds is 5. The number of aliphatic hydroxyl groups excluding tert-OH is 1. The van der Waals surface area contributed by atoms with Crippen LogP contribution in [0.25, 0.3) is 0 Å². The molecule has 22 heavy (non-hydrogen) atoms. The second kappa shape index (κ2) is 6.94. The maximum atomic E-state index is 12.4. The molecule has 0 aromatic heterocycles. The summed E-state index contributed by atoms with van der Waals surface area (Å²) in [6.07, 6.45) is -4.04. The molecule has 1 amide bonds. The third-order valence-electron chi connectivity index (χ3n) is 2.55. The number of aliphatic hydroxyl groups is 1. The Bertz CT molecular complexity index is 580. The van der Waals surface area contributed by atoms with Gasteiger partial charge in [-0.25, -0.2) is 9.86 Å². The average molecular weight is 319 g/mol. The Kier molecular flexibility index (Phi) is 5.52. The van der Waals surface area contributed by atoms with Crippen LogP contribution in [-0.4, -0.2) is 34.3 Å². The van der Waals surface area contributed by atoms with Crippen molar-refractivity contribution in [1.82, 2.24) is 5.06 Å². The van der Waals surface area contributed by atoms with E-state index in [1.807, 2.05) is 0 Å². The molecule has 2 N–H and O–H groups in total. The highest BCUT2D eigenvalue weighted by atomic mass is 19.4. The van der Waals surface area contributed by atoms with E-state index in [0.29, 0.717) is 16.7 Å². The van der Waals surface area contributed by atoms with Crippen LogP contribution in [0.5, 0.6) is 0 Å². The molecule has 120 valence electrons. The quantitative estimate of drug-likeness (QED) is 0.493. The first-order valence-corrected chi connectivity index (χ1v) is 5.81. The number of carbonyl (C=O) groups excluding carboxylic acids is 1. The molecule has 0 radical (unpaired) electrons. The molecule has 0 unspecified atom stereocenters. The van der Waals surface area contributed by atoms with Gasteiger partial charge in [0.2, 0.25) is 5.76 Å². The summed E-state index contributed by atoms with van der Waals surface area (Å²) in [7, 11) is 1.12. The lowest BCUT2D eigenvalue weighted by molar-refractivity contribution is -0.173. The third-order valence-corrected chi connectivity index (χ3v) is 2.55. The van der Waals surface area contributed by atoms with Crippen LogP contribution >= 0.6 is 0 Å². The Morgan fingerprint density at radius 1 is 1.23 bits per heavy atom. The Labute approximate surface area is 123 Å². The number of carboxylic acid groups (broad SMARTS) is 1. The van der Waals surface area contributed by atoms with E-state index in [0.717, 1.165) is 31.4 Å². The lowest BCUT2D eigenvalue weighted by Gasteiger charge is -2.18. The maximum Gasteiger partial charge on any atom is 0.416 e. The van der Waals surface area contributed by atoms with Crippen LogP contribution in [-0.2, 0) is 27.1 Å². The van der Waals surface area contributed by atoms with Gasteiger partial charge >= 0.3 is 12.1 Å². The van der Waals surface area contributed by atoms with Crippen LogP contribution in [0.4, 0.5) is 13.2 Å². The van der Waals surface area contributed by atoms with Crippen molar-refractivity contribution in [2.24, 2.45) is 0 Å². The van der Waals surface area contributed by atoms with Gasteiger partial charge in [0.1, 0.15) is 0 Å². The van der Waals surface area contributed by atoms with Crippen molar-refractivity contribution in [3.05, 3.63) is 47.2 Å². The second-order valence-electron chi connectivity index (χ2n) is 4.09. The minimum absolute atomic E-state index is 0.225. The van der Waals surface area contributed by atoms with Gasteiger partial charge in [0.25, 0.3) is 5.91 Å². The predicted molar refractivity (Wildman–Crippen MR) is 67.4 cm³/mol. The Morgan fingerprint density at radius 3 is 2.18 bits per heavy atom. The molecular formula is C13H12F3NO5. The molecule has 0 heterocycles. The molecule has 1 aromatic rings. The second-order valence-corrected chi connectivity index (χ2v) is 4.09. The fourth-order valence-electron chi connectivity index (χ4n) is 1.45. The van der Waals surface area contributed by atoms with Crippen LogP contribution in [0, 0.1) is 0 Å². The molecule has 0 aliphatic carbocycles. The molecule has 0 fully saturated rings. The number of alkyl halides is 3. The molecule has 6 nitrogen and oxygen atoms in total. The van der Waals surface area contributed by atoms with E-state index < -0.39 is 29.4 Å². The van der Waals surface area contributed by atoms with Crippen LogP contribution in [0.3, 0.4) is 0 Å². The number of carboxylic acids is 1. The van der Waals surface area contributed by atoms with Gasteiger partial charge in [0.05, 0.1) is 25.3 Å². The number of amides is 1. The normalized spacial score (nSPS) is 12.1. The van der Waals surface area contributed by atoms with Gasteiger partial charge in [0.15, 0.2) is 0 Å². The largest absolute Gasteiger partial charge is 0.502 e. The molecule has 0 bridgehead atoms. The van der Waals surface area contributed by atoms with Gasteiger partial charge in [0, 0.05) is 0 Å². The highest BCUT2D eigenvalue weighted by Crippen LogP contribution is 2.29. The lowest BCUT2D eigenvalue weighted by Crippen LogP contribution is -2.28. The van der Waals surface area contributed by atoms with Gasteiger partial charge in [-0.1, -0.05) is 12.1 Å². The number of carbonyl (C=O) groups is 2. The van der Waals surface area contributed by atoms with Crippen molar-refractivity contribution in [1.29, 1.82) is 0 Å². The molecule has 0 atom stereocenters. The highest BCUT2D eigenvalue weighted by Gasteiger charge is 2.30. The van der Waals surface area contributed by atoms with Crippen molar-refractivity contribution in [3.8, 4) is 0 Å². The molecule has 9 heteroatoms. The summed E-state index contributed by atoms with van der Waals surface area (Å²) in [5, 5.41) is 18.1. The van der Waals surface area contributed by atoms with Crippen LogP contribution in [0.1, 0.15) is 11.1 Å². The van der Waals surface area contributed by atoms with E-state index in [1.54, 1.807) is 0 Å². The van der Waals surface area contributed by atoms with Crippen LogP contribution < -0.4 is 0 Å². The Morgan fingerprint density at radius 2 is 1.77 bits per heavy atom. The summed E-state index contributed by atoms with van der Waals surface area (Å²) in [5.41, 5.74) is -0.513. The Hall–Kier alpha value is -2.55. The van der Waals surface area contributed by atoms with Gasteiger partial charge in [-0.2, -0.15) is 13.2 Å². The standard InChI is InChI=1S/C13H12F3NO5/c1-22-17(11(19)6-10(18)12(20)21)7-8-2-4-9(5-3-8)13(14,15)16/h2-6,18H,7H2,1H3,(H,20,21)/b10-6-. The van der Waals surface area contributed by atoms with Crippen molar-refractivity contribution < 1.29 is 37.8 Å². The minimum atomic E-state index is -4.47. The van der Waals surface area contributed by atoms with Gasteiger partial charge in [-0.15, -0.1) is 0 Å². The molecular weight excluding hydrogens is 307 g/mol. The number of hydrogen-bond acceptors (Lipinski definition) is 4. The van der Waals surface area contributed by atoms with E-state index in [-0.39, 0.29) is 6.54 Å². The van der Waals surface area contributed by atoms with E-state index in [4.69, 9.17) is 15.1 Å². The topological polar surface area (TPSA) is 87.1 Å². The molecule has 1 rings (SSSR count). The van der Waals surface area contributed by atoms with E-state index in [2.05, 4.69) is 0 Å². The van der Waals surface area contributed by atoms with Crippen LogP contribution in [0.15, 0.2) is 36.1 Å². The molecule has 1 aromatic carbocycles. The summed E-state index contributed by atoms with van der Waals surface area (Å²) in [4.78, 5) is 26.7. The van der Waals surface area contributed by atoms with Crippen molar-refractivity contribution in [3.63, 3.8) is 0 Å². The first kappa shape index (κ1) is 17.5. The Balaban J connectivity index is 2.84. The first-order chi connectivity index (χ1) is 10.1. The van der Waals surface area contributed by atoms with E-state index in [1.165, 1.54) is 0 Å². The summed E-state index contributed by atoms with van der Waals surface area (Å²) in [6, 6.07) is 4.00. The molecule has 0 aliphatic heterocycles. The molecule has 0 aliphatic rings. The molecule has 0 saturated carbocycles. The summed E-state index contributed by atoms with van der Waals surface area (Å²) >= 11 is 0. The number of halogens is 3. The van der Waals surface area contributed by atoms with Crippen LogP contribution in [0.2, 0.25) is 0 Å². The zero-order valence-electron chi connectivity index (χ0n) is 11.3. The fourth-order valence-corrected chi connectivity index (χ4v) is 1.45. The monoisotopic (exact) mass is 319 g/mol. The average Bonchev–Trinajstić information content (AvgIpc) is 2.43. The number of hydroxylamine groups is 2. The van der Waals surface area contributed by atoms with E-state index >= 15 is 0 Å². The number of aliphatic carboxylic acids is 1. The van der Waals surface area contributed by atoms with E-state index in [9.17, 15) is 22.8 Å². The fraction of sp³-hybridized carbons (Fsp3) is 0.231. The SMILES string of the molecule is CON(Cc1ccc(C(F)(F)F)cc1)C(=O)/C=C(\O)C(=O)O. The van der Waals surface area contributed by atoms with Crippen molar-refractivity contribution in [2.45, 2.75) is 12.7 Å². The number of hydrogen-bond donors (Lipinski definition) is 2. The first-order valence-electron chi connectivity index (χ1n) is 5.81. The van der Waals surface area contributed by atoms with Crippen molar-refractivity contribution >= 4 is 11.9 Å². The molecule has 0 saturated heterocycles. The zero-order chi connectivity index (χ0) is 16.9. The van der Waals surface area contributed by atoms with Gasteiger partial charge in [-0.3, -0.25) is 9.63 Å². The van der Waals surface area contributed by atoms with Crippen molar-refractivity contribution in [2.75, 3.05) is 7.11 Å².